The highest BCUT2D eigenvalue weighted by Gasteiger charge is 2.26. The summed E-state index contributed by atoms with van der Waals surface area (Å²) >= 11 is 0. The van der Waals surface area contributed by atoms with E-state index in [0.717, 1.165) is 50.7 Å². The number of aromatic nitrogens is 1. The van der Waals surface area contributed by atoms with Gasteiger partial charge >= 0.3 is 0 Å². The second kappa shape index (κ2) is 7.75. The number of pyridine rings is 1. The van der Waals surface area contributed by atoms with Crippen molar-refractivity contribution in [1.29, 1.82) is 0 Å². The van der Waals surface area contributed by atoms with E-state index in [9.17, 15) is 4.79 Å². The Morgan fingerprint density at radius 3 is 2.96 bits per heavy atom. The van der Waals surface area contributed by atoms with Crippen molar-refractivity contribution in [3.8, 4) is 0 Å². The number of rotatable bonds is 5. The molecular weight excluding hydrogens is 292 g/mol. The van der Waals surface area contributed by atoms with Crippen molar-refractivity contribution in [3.63, 3.8) is 0 Å². The number of ether oxygens (including phenoxy) is 1. The van der Waals surface area contributed by atoms with Crippen molar-refractivity contribution in [2.24, 2.45) is 5.92 Å². The highest BCUT2D eigenvalue weighted by molar-refractivity contribution is 5.78. The first-order valence-corrected chi connectivity index (χ1v) is 8.46. The molecule has 3 rings (SSSR count). The number of anilines is 1. The Kier molecular flexibility index (Phi) is 5.46. The summed E-state index contributed by atoms with van der Waals surface area (Å²) in [7, 11) is 0. The molecule has 0 saturated carbocycles. The van der Waals surface area contributed by atoms with Crippen molar-refractivity contribution in [1.82, 2.24) is 14.8 Å². The SMILES string of the molecule is Cc1cccc(NC[C@@H]2CCN(CC(=O)N3CCOCC3)C2)n1. The van der Waals surface area contributed by atoms with Crippen LogP contribution in [0.4, 0.5) is 5.82 Å². The predicted molar refractivity (Wildman–Crippen MR) is 89.4 cm³/mol. The maximum Gasteiger partial charge on any atom is 0.236 e. The van der Waals surface area contributed by atoms with E-state index < -0.39 is 0 Å². The fourth-order valence-corrected chi connectivity index (χ4v) is 3.22. The minimum Gasteiger partial charge on any atom is -0.378 e. The van der Waals surface area contributed by atoms with Gasteiger partial charge in [0.15, 0.2) is 0 Å². The third kappa shape index (κ3) is 4.65. The second-order valence-corrected chi connectivity index (χ2v) is 6.43. The first kappa shape index (κ1) is 16.2. The molecule has 2 aliphatic rings. The lowest BCUT2D eigenvalue weighted by Gasteiger charge is -2.28. The first-order chi connectivity index (χ1) is 11.2. The fraction of sp³-hybridized carbons (Fsp3) is 0.647. The second-order valence-electron chi connectivity index (χ2n) is 6.43. The Bertz CT molecular complexity index is 531. The lowest BCUT2D eigenvalue weighted by Crippen LogP contribution is -2.45. The Morgan fingerprint density at radius 2 is 2.17 bits per heavy atom. The highest BCUT2D eigenvalue weighted by atomic mass is 16.5. The molecule has 1 amide bonds. The molecule has 1 atom stereocenters. The largest absolute Gasteiger partial charge is 0.378 e. The van der Waals surface area contributed by atoms with Crippen LogP contribution < -0.4 is 5.32 Å². The zero-order valence-electron chi connectivity index (χ0n) is 13.8. The number of aryl methyl sites for hydroxylation is 1. The van der Waals surface area contributed by atoms with Crippen molar-refractivity contribution in [2.45, 2.75) is 13.3 Å². The van der Waals surface area contributed by atoms with E-state index in [4.69, 9.17) is 4.74 Å². The average Bonchev–Trinajstić information content (AvgIpc) is 3.01. The van der Waals surface area contributed by atoms with E-state index in [2.05, 4.69) is 15.2 Å². The molecular formula is C17H26N4O2. The molecule has 1 aromatic heterocycles. The van der Waals surface area contributed by atoms with Crippen molar-refractivity contribution in [2.75, 3.05) is 57.8 Å². The molecule has 6 heteroatoms. The van der Waals surface area contributed by atoms with Gasteiger partial charge in [-0.2, -0.15) is 0 Å². The number of amides is 1. The van der Waals surface area contributed by atoms with Gasteiger partial charge in [0.2, 0.25) is 5.91 Å². The lowest BCUT2D eigenvalue weighted by molar-refractivity contribution is -0.136. The third-order valence-electron chi connectivity index (χ3n) is 4.55. The number of hydrogen-bond acceptors (Lipinski definition) is 5. The van der Waals surface area contributed by atoms with Crippen LogP contribution in [0.1, 0.15) is 12.1 Å². The molecule has 1 aromatic rings. The Hall–Kier alpha value is -1.66. The van der Waals surface area contributed by atoms with Crippen LogP contribution in [-0.2, 0) is 9.53 Å². The number of nitrogens with zero attached hydrogens (tertiary/aromatic N) is 3. The number of carbonyl (C=O) groups excluding carboxylic acids is 1. The van der Waals surface area contributed by atoms with Gasteiger partial charge in [0.05, 0.1) is 19.8 Å². The summed E-state index contributed by atoms with van der Waals surface area (Å²) in [5.41, 5.74) is 1.03. The van der Waals surface area contributed by atoms with E-state index in [0.29, 0.717) is 25.7 Å². The molecule has 0 unspecified atom stereocenters. The van der Waals surface area contributed by atoms with Crippen molar-refractivity contribution in [3.05, 3.63) is 23.9 Å². The van der Waals surface area contributed by atoms with Crippen LogP contribution in [0.3, 0.4) is 0 Å². The number of carbonyl (C=O) groups is 1. The molecule has 0 bridgehead atoms. The molecule has 0 radical (unpaired) electrons. The Morgan fingerprint density at radius 1 is 1.35 bits per heavy atom. The minimum absolute atomic E-state index is 0.238. The molecule has 3 heterocycles. The highest BCUT2D eigenvalue weighted by Crippen LogP contribution is 2.17. The van der Waals surface area contributed by atoms with E-state index >= 15 is 0 Å². The molecule has 6 nitrogen and oxygen atoms in total. The van der Waals surface area contributed by atoms with Gasteiger partial charge in [0.25, 0.3) is 0 Å². The standard InChI is InChI=1S/C17H26N4O2/c1-14-3-2-4-16(19-14)18-11-15-5-6-20(12-15)13-17(22)21-7-9-23-10-8-21/h2-4,15H,5-13H2,1H3,(H,18,19)/t15-/m0/s1. The van der Waals surface area contributed by atoms with Crippen LogP contribution in [0, 0.1) is 12.8 Å². The summed E-state index contributed by atoms with van der Waals surface area (Å²) in [5.74, 6) is 1.75. The van der Waals surface area contributed by atoms with Crippen LogP contribution in [0.15, 0.2) is 18.2 Å². The molecule has 0 spiro atoms. The van der Waals surface area contributed by atoms with Gasteiger partial charge < -0.3 is 15.0 Å². The van der Waals surface area contributed by atoms with Gasteiger partial charge in [-0.25, -0.2) is 4.98 Å². The number of likely N-dealkylation sites (tertiary alicyclic amines) is 1. The molecule has 2 aliphatic heterocycles. The van der Waals surface area contributed by atoms with E-state index in [1.807, 2.05) is 30.0 Å². The summed E-state index contributed by atoms with van der Waals surface area (Å²) in [5, 5.41) is 3.42. The van der Waals surface area contributed by atoms with E-state index in [-0.39, 0.29) is 5.91 Å². The van der Waals surface area contributed by atoms with Gasteiger partial charge in [-0.1, -0.05) is 6.07 Å². The van der Waals surface area contributed by atoms with Crippen LogP contribution in [0.2, 0.25) is 0 Å². The average molecular weight is 318 g/mol. The summed E-state index contributed by atoms with van der Waals surface area (Å²) in [6.45, 7) is 8.24. The number of hydrogen-bond donors (Lipinski definition) is 1. The molecule has 0 aliphatic carbocycles. The molecule has 1 N–H and O–H groups in total. The van der Waals surface area contributed by atoms with Crippen LogP contribution in [0.25, 0.3) is 0 Å². The molecule has 0 aromatic carbocycles. The Balaban J connectivity index is 1.40. The first-order valence-electron chi connectivity index (χ1n) is 8.46. The fourth-order valence-electron chi connectivity index (χ4n) is 3.22. The van der Waals surface area contributed by atoms with Gasteiger partial charge in [-0.3, -0.25) is 9.69 Å². The third-order valence-corrected chi connectivity index (χ3v) is 4.55. The quantitative estimate of drug-likeness (QED) is 0.877. The van der Waals surface area contributed by atoms with Gasteiger partial charge in [-0.05, 0) is 37.9 Å². The minimum atomic E-state index is 0.238. The van der Waals surface area contributed by atoms with Crippen molar-refractivity contribution < 1.29 is 9.53 Å². The summed E-state index contributed by atoms with van der Waals surface area (Å²) in [4.78, 5) is 20.9. The topological polar surface area (TPSA) is 57.7 Å². The zero-order valence-corrected chi connectivity index (χ0v) is 13.8. The monoisotopic (exact) mass is 318 g/mol. The smallest absolute Gasteiger partial charge is 0.236 e. The zero-order chi connectivity index (χ0) is 16.1. The summed E-state index contributed by atoms with van der Waals surface area (Å²) < 4.78 is 5.30. The van der Waals surface area contributed by atoms with Gasteiger partial charge in [-0.15, -0.1) is 0 Å². The molecule has 126 valence electrons. The molecule has 2 saturated heterocycles. The van der Waals surface area contributed by atoms with Gasteiger partial charge in [0.1, 0.15) is 5.82 Å². The Labute approximate surface area is 137 Å². The predicted octanol–water partition coefficient (Wildman–Crippen LogP) is 0.983. The van der Waals surface area contributed by atoms with Crippen molar-refractivity contribution >= 4 is 11.7 Å². The number of morpholine rings is 1. The molecule has 23 heavy (non-hydrogen) atoms. The molecule has 2 fully saturated rings. The van der Waals surface area contributed by atoms with E-state index in [1.165, 1.54) is 0 Å². The van der Waals surface area contributed by atoms with Crippen LogP contribution >= 0.6 is 0 Å². The summed E-state index contributed by atoms with van der Waals surface area (Å²) in [6, 6.07) is 6.02. The summed E-state index contributed by atoms with van der Waals surface area (Å²) in [6.07, 6.45) is 1.13. The lowest BCUT2D eigenvalue weighted by atomic mass is 10.1. The van der Waals surface area contributed by atoms with Crippen LogP contribution in [-0.4, -0.2) is 73.2 Å². The van der Waals surface area contributed by atoms with Crippen LogP contribution in [0.5, 0.6) is 0 Å². The number of nitrogens with one attached hydrogen (secondary N) is 1. The van der Waals surface area contributed by atoms with E-state index in [1.54, 1.807) is 0 Å². The maximum absolute atomic E-state index is 12.3. The van der Waals surface area contributed by atoms with Gasteiger partial charge in [0, 0.05) is 31.9 Å². The normalized spacial score (nSPS) is 22.3. The maximum atomic E-state index is 12.3.